The number of nitrogens with zero attached hydrogens (tertiary/aromatic N) is 3. The van der Waals surface area contributed by atoms with Gasteiger partial charge in [0, 0.05) is 19.7 Å². The highest BCUT2D eigenvalue weighted by atomic mass is 32.2. The molecule has 0 aliphatic carbocycles. The summed E-state index contributed by atoms with van der Waals surface area (Å²) in [5.74, 6) is 0.656. The first-order chi connectivity index (χ1) is 9.52. The molecule has 1 aromatic rings. The SMILES string of the molecule is CC.CC.CCS(=O)Nc1nnc(CN(C)C(C)=O)o1. The molecule has 0 spiro atoms. The molecule has 1 rings (SSSR count). The van der Waals surface area contributed by atoms with Crippen LogP contribution in [0.3, 0.4) is 0 Å². The fraction of sp³-hybridized carbons (Fsp3) is 0.750. The highest BCUT2D eigenvalue weighted by Gasteiger charge is 2.11. The van der Waals surface area contributed by atoms with E-state index < -0.39 is 11.0 Å². The van der Waals surface area contributed by atoms with Gasteiger partial charge in [0.2, 0.25) is 11.8 Å². The lowest BCUT2D eigenvalue weighted by molar-refractivity contribution is -0.128. The molecule has 1 N–H and O–H groups in total. The van der Waals surface area contributed by atoms with Crippen LogP contribution in [-0.2, 0) is 22.3 Å². The Morgan fingerprint density at radius 1 is 1.30 bits per heavy atom. The fourth-order valence-electron chi connectivity index (χ4n) is 0.843. The first kappa shape index (κ1) is 20.9. The number of amides is 1. The zero-order chi connectivity index (χ0) is 16.1. The smallest absolute Gasteiger partial charge is 0.327 e. The van der Waals surface area contributed by atoms with Crippen LogP contribution in [0.1, 0.15) is 47.4 Å². The van der Waals surface area contributed by atoms with Gasteiger partial charge in [0.1, 0.15) is 11.0 Å². The molecule has 0 aromatic carbocycles. The average Bonchev–Trinajstić information content (AvgIpc) is 2.90. The van der Waals surface area contributed by atoms with Crippen LogP contribution in [0.5, 0.6) is 0 Å². The highest BCUT2D eigenvalue weighted by Crippen LogP contribution is 2.08. The van der Waals surface area contributed by atoms with Crippen molar-refractivity contribution in [2.24, 2.45) is 0 Å². The van der Waals surface area contributed by atoms with Crippen molar-refractivity contribution < 1.29 is 13.4 Å². The van der Waals surface area contributed by atoms with Crippen LogP contribution in [0.4, 0.5) is 6.01 Å². The van der Waals surface area contributed by atoms with E-state index in [0.29, 0.717) is 11.6 Å². The summed E-state index contributed by atoms with van der Waals surface area (Å²) in [4.78, 5) is 12.4. The van der Waals surface area contributed by atoms with Crippen molar-refractivity contribution in [1.82, 2.24) is 15.1 Å². The Morgan fingerprint density at radius 3 is 2.30 bits per heavy atom. The summed E-state index contributed by atoms with van der Waals surface area (Å²) < 4.78 is 18.8. The molecule has 1 unspecified atom stereocenters. The molecule has 0 saturated heterocycles. The molecular weight excluding hydrogens is 280 g/mol. The Balaban J connectivity index is 0. The molecule has 0 fully saturated rings. The molecule has 0 aliphatic rings. The van der Waals surface area contributed by atoms with Crippen LogP contribution in [-0.4, -0.2) is 38.0 Å². The molecule has 7 nitrogen and oxygen atoms in total. The number of anilines is 1. The summed E-state index contributed by atoms with van der Waals surface area (Å²) in [5, 5.41) is 7.38. The number of hydrogen-bond donors (Lipinski definition) is 1. The van der Waals surface area contributed by atoms with Gasteiger partial charge in [0.05, 0.1) is 6.54 Å². The van der Waals surface area contributed by atoms with E-state index in [0.717, 1.165) is 0 Å². The Hall–Kier alpha value is -1.44. The Kier molecular flexibility index (Phi) is 13.1. The van der Waals surface area contributed by atoms with Crippen molar-refractivity contribution in [3.63, 3.8) is 0 Å². The molecule has 0 bridgehead atoms. The van der Waals surface area contributed by atoms with E-state index >= 15 is 0 Å². The second kappa shape index (κ2) is 12.6. The standard InChI is InChI=1S/C8H14N4O3S.2C2H6/c1-4-16(14)11-8-10-9-7(15-8)5-12(3)6(2)13;2*1-2/h4-5H2,1-3H3,(H,10,11);2*1-2H3. The molecule has 20 heavy (non-hydrogen) atoms. The van der Waals surface area contributed by atoms with E-state index in [2.05, 4.69) is 14.9 Å². The summed E-state index contributed by atoms with van der Waals surface area (Å²) in [6, 6.07) is 0.104. The summed E-state index contributed by atoms with van der Waals surface area (Å²) in [7, 11) is 0.416. The Bertz CT molecular complexity index is 396. The fourth-order valence-corrected chi connectivity index (χ4v) is 1.26. The van der Waals surface area contributed by atoms with E-state index in [1.54, 1.807) is 14.0 Å². The van der Waals surface area contributed by atoms with Gasteiger partial charge >= 0.3 is 6.01 Å². The minimum atomic E-state index is -1.21. The van der Waals surface area contributed by atoms with Gasteiger partial charge in [-0.3, -0.25) is 9.52 Å². The van der Waals surface area contributed by atoms with Crippen molar-refractivity contribution in [2.45, 2.75) is 48.1 Å². The minimum Gasteiger partial charge on any atom is -0.406 e. The summed E-state index contributed by atoms with van der Waals surface area (Å²) >= 11 is 0. The van der Waals surface area contributed by atoms with Crippen LogP contribution in [0.25, 0.3) is 0 Å². The topological polar surface area (TPSA) is 88.3 Å². The molecule has 1 atom stereocenters. The Labute approximate surface area is 123 Å². The van der Waals surface area contributed by atoms with Crippen molar-refractivity contribution in [3.05, 3.63) is 5.89 Å². The number of aromatic nitrogens is 2. The van der Waals surface area contributed by atoms with Crippen LogP contribution in [0.15, 0.2) is 4.42 Å². The molecule has 0 radical (unpaired) electrons. The number of carbonyl (C=O) groups is 1. The highest BCUT2D eigenvalue weighted by molar-refractivity contribution is 7.86. The molecule has 8 heteroatoms. The summed E-state index contributed by atoms with van der Waals surface area (Å²) in [5.41, 5.74) is 0. The van der Waals surface area contributed by atoms with Gasteiger partial charge in [-0.15, -0.1) is 5.10 Å². The van der Waals surface area contributed by atoms with E-state index in [1.807, 2.05) is 27.7 Å². The van der Waals surface area contributed by atoms with Gasteiger partial charge in [-0.2, -0.15) is 0 Å². The lowest BCUT2D eigenvalue weighted by Gasteiger charge is -2.10. The quantitative estimate of drug-likeness (QED) is 0.901. The Morgan fingerprint density at radius 2 is 1.85 bits per heavy atom. The predicted octanol–water partition coefficient (Wildman–Crippen LogP) is 2.20. The normalized spacial score (nSPS) is 10.3. The van der Waals surface area contributed by atoms with E-state index in [-0.39, 0.29) is 18.5 Å². The monoisotopic (exact) mass is 306 g/mol. The lowest BCUT2D eigenvalue weighted by Crippen LogP contribution is -2.23. The van der Waals surface area contributed by atoms with E-state index in [1.165, 1.54) is 11.8 Å². The first-order valence-electron chi connectivity index (χ1n) is 6.72. The van der Waals surface area contributed by atoms with Gasteiger partial charge in [0.15, 0.2) is 0 Å². The van der Waals surface area contributed by atoms with Gasteiger partial charge in [-0.25, -0.2) is 4.21 Å². The van der Waals surface area contributed by atoms with Crippen molar-refractivity contribution in [3.8, 4) is 0 Å². The maximum absolute atomic E-state index is 11.1. The lowest BCUT2D eigenvalue weighted by atomic mass is 10.5. The molecular formula is C12H26N4O3S. The van der Waals surface area contributed by atoms with Crippen molar-refractivity contribution >= 4 is 22.9 Å². The maximum atomic E-state index is 11.1. The molecule has 0 aliphatic heterocycles. The summed E-state index contributed by atoms with van der Waals surface area (Å²) in [6.45, 7) is 11.5. The largest absolute Gasteiger partial charge is 0.406 e. The molecule has 1 heterocycles. The zero-order valence-corrected chi connectivity index (χ0v) is 14.2. The minimum absolute atomic E-state index is 0.0927. The second-order valence-electron chi connectivity index (χ2n) is 3.11. The van der Waals surface area contributed by atoms with Crippen molar-refractivity contribution in [1.29, 1.82) is 0 Å². The number of rotatable bonds is 5. The first-order valence-corrected chi connectivity index (χ1v) is 8.04. The van der Waals surface area contributed by atoms with Gasteiger partial charge in [0.25, 0.3) is 0 Å². The van der Waals surface area contributed by atoms with Crippen LogP contribution in [0.2, 0.25) is 0 Å². The van der Waals surface area contributed by atoms with E-state index in [9.17, 15) is 9.00 Å². The molecule has 1 amide bonds. The van der Waals surface area contributed by atoms with Gasteiger partial charge < -0.3 is 9.32 Å². The number of nitrogens with one attached hydrogen (secondary N) is 1. The van der Waals surface area contributed by atoms with Crippen LogP contribution in [0, 0.1) is 0 Å². The molecule has 0 saturated carbocycles. The van der Waals surface area contributed by atoms with Gasteiger partial charge in [-0.1, -0.05) is 39.7 Å². The second-order valence-corrected chi connectivity index (χ2v) is 4.58. The average molecular weight is 306 g/mol. The molecule has 1 aromatic heterocycles. The maximum Gasteiger partial charge on any atom is 0.327 e. The van der Waals surface area contributed by atoms with Crippen LogP contribution < -0.4 is 4.72 Å². The zero-order valence-electron chi connectivity index (χ0n) is 13.4. The third-order valence-electron chi connectivity index (χ3n) is 1.84. The van der Waals surface area contributed by atoms with Crippen molar-refractivity contribution in [2.75, 3.05) is 17.5 Å². The van der Waals surface area contributed by atoms with Gasteiger partial charge in [-0.05, 0) is 0 Å². The third kappa shape index (κ3) is 8.63. The summed E-state index contributed by atoms with van der Waals surface area (Å²) in [6.07, 6.45) is 0. The van der Waals surface area contributed by atoms with Crippen LogP contribution >= 0.6 is 0 Å². The molecule has 118 valence electrons. The van der Waals surface area contributed by atoms with E-state index in [4.69, 9.17) is 4.42 Å². The number of hydrogen-bond acceptors (Lipinski definition) is 5. The third-order valence-corrected chi connectivity index (χ3v) is 2.77. The predicted molar refractivity (Wildman–Crippen MR) is 81.4 cm³/mol. The number of carbonyl (C=O) groups excluding carboxylic acids is 1.